The van der Waals surface area contributed by atoms with Gasteiger partial charge in [-0.3, -0.25) is 4.90 Å². The number of hydrogen-bond donors (Lipinski definition) is 1. The van der Waals surface area contributed by atoms with Gasteiger partial charge >= 0.3 is 0 Å². The molecule has 3 heteroatoms. The van der Waals surface area contributed by atoms with Crippen LogP contribution in [-0.4, -0.2) is 55.1 Å². The van der Waals surface area contributed by atoms with Gasteiger partial charge in [0.2, 0.25) is 0 Å². The van der Waals surface area contributed by atoms with E-state index in [0.29, 0.717) is 17.4 Å². The summed E-state index contributed by atoms with van der Waals surface area (Å²) in [6.07, 6.45) is 5.17. The predicted octanol–water partition coefficient (Wildman–Crippen LogP) is 2.17. The second-order valence-corrected chi connectivity index (χ2v) is 7.49. The van der Waals surface area contributed by atoms with Crippen molar-refractivity contribution in [2.75, 3.05) is 33.2 Å². The van der Waals surface area contributed by atoms with E-state index in [4.69, 9.17) is 5.73 Å². The van der Waals surface area contributed by atoms with Gasteiger partial charge in [-0.15, -0.1) is 0 Å². The molecular formula is C16H33N3. The zero-order chi connectivity index (χ0) is 14.0. The molecule has 2 N–H and O–H groups in total. The minimum absolute atomic E-state index is 0.342. The van der Waals surface area contributed by atoms with Crippen molar-refractivity contribution in [2.24, 2.45) is 17.1 Å². The summed E-state index contributed by atoms with van der Waals surface area (Å²) in [5, 5.41) is 0. The number of hydrogen-bond acceptors (Lipinski definition) is 3. The van der Waals surface area contributed by atoms with E-state index in [2.05, 4.69) is 37.6 Å². The van der Waals surface area contributed by atoms with Crippen LogP contribution in [0, 0.1) is 11.3 Å². The van der Waals surface area contributed by atoms with Crippen LogP contribution in [0.15, 0.2) is 0 Å². The van der Waals surface area contributed by atoms with E-state index < -0.39 is 0 Å². The summed E-state index contributed by atoms with van der Waals surface area (Å²) in [4.78, 5) is 5.22. The van der Waals surface area contributed by atoms with Gasteiger partial charge < -0.3 is 10.6 Å². The Balaban J connectivity index is 1.97. The number of likely N-dealkylation sites (N-methyl/N-ethyl adjacent to an activating group) is 1. The molecule has 3 unspecified atom stereocenters. The highest BCUT2D eigenvalue weighted by atomic mass is 15.2. The Morgan fingerprint density at radius 3 is 2.58 bits per heavy atom. The number of nitrogens with two attached hydrogens (primary N) is 1. The lowest BCUT2D eigenvalue weighted by Crippen LogP contribution is -2.46. The van der Waals surface area contributed by atoms with Crippen LogP contribution >= 0.6 is 0 Å². The summed E-state index contributed by atoms with van der Waals surface area (Å²) >= 11 is 0. The summed E-state index contributed by atoms with van der Waals surface area (Å²) in [7, 11) is 2.26. The fraction of sp³-hybridized carbons (Fsp3) is 1.00. The van der Waals surface area contributed by atoms with Crippen LogP contribution < -0.4 is 5.73 Å². The molecule has 2 aliphatic rings. The maximum absolute atomic E-state index is 6.49. The van der Waals surface area contributed by atoms with Crippen LogP contribution in [0.5, 0.6) is 0 Å². The van der Waals surface area contributed by atoms with Gasteiger partial charge in [0.1, 0.15) is 0 Å². The van der Waals surface area contributed by atoms with Gasteiger partial charge in [-0.05, 0) is 57.2 Å². The molecule has 1 saturated heterocycles. The van der Waals surface area contributed by atoms with Crippen molar-refractivity contribution < 1.29 is 0 Å². The molecule has 2 rings (SSSR count). The Morgan fingerprint density at radius 2 is 2.00 bits per heavy atom. The molecule has 0 spiro atoms. The Bertz CT molecular complexity index is 290. The van der Waals surface area contributed by atoms with Gasteiger partial charge in [-0.1, -0.05) is 20.8 Å². The third-order valence-electron chi connectivity index (χ3n) is 5.53. The lowest BCUT2D eigenvalue weighted by atomic mass is 9.85. The minimum Gasteiger partial charge on any atom is -0.327 e. The Labute approximate surface area is 119 Å². The summed E-state index contributed by atoms with van der Waals surface area (Å²) in [5.41, 5.74) is 6.83. The van der Waals surface area contributed by atoms with E-state index in [1.807, 2.05) is 0 Å². The van der Waals surface area contributed by atoms with Crippen molar-refractivity contribution in [3.63, 3.8) is 0 Å². The molecule has 2 fully saturated rings. The highest BCUT2D eigenvalue weighted by Gasteiger charge is 2.40. The molecule has 0 aromatic carbocycles. The van der Waals surface area contributed by atoms with Gasteiger partial charge in [0.25, 0.3) is 0 Å². The van der Waals surface area contributed by atoms with Crippen LogP contribution in [0.1, 0.15) is 46.5 Å². The van der Waals surface area contributed by atoms with E-state index in [0.717, 1.165) is 6.04 Å². The average Bonchev–Trinajstić information content (AvgIpc) is 2.53. The smallest absolute Gasteiger partial charge is 0.0220 e. The molecule has 0 radical (unpaired) electrons. The standard InChI is InChI=1S/C16H33N3/c1-5-14-12-18(4)9-6-10-19(14)11-13-7-8-16(2,3)15(13)17/h13-15H,5-12,17H2,1-4H3. The van der Waals surface area contributed by atoms with Gasteiger partial charge in [-0.2, -0.15) is 0 Å². The first kappa shape index (κ1) is 15.3. The Morgan fingerprint density at radius 1 is 1.26 bits per heavy atom. The van der Waals surface area contributed by atoms with Crippen molar-refractivity contribution >= 4 is 0 Å². The Hall–Kier alpha value is -0.120. The second-order valence-electron chi connectivity index (χ2n) is 7.49. The molecule has 3 atom stereocenters. The lowest BCUT2D eigenvalue weighted by Gasteiger charge is -2.35. The molecular weight excluding hydrogens is 234 g/mol. The zero-order valence-corrected chi connectivity index (χ0v) is 13.4. The molecule has 112 valence electrons. The zero-order valence-electron chi connectivity index (χ0n) is 13.4. The fourth-order valence-corrected chi connectivity index (χ4v) is 3.97. The van der Waals surface area contributed by atoms with Gasteiger partial charge in [0, 0.05) is 25.2 Å². The Kier molecular flexibility index (Phi) is 4.91. The van der Waals surface area contributed by atoms with Crippen LogP contribution in [0.3, 0.4) is 0 Å². The summed E-state index contributed by atoms with van der Waals surface area (Å²) in [6, 6.07) is 1.11. The van der Waals surface area contributed by atoms with Crippen LogP contribution in [0.25, 0.3) is 0 Å². The van der Waals surface area contributed by atoms with E-state index in [1.54, 1.807) is 0 Å². The molecule has 0 aromatic heterocycles. The highest BCUT2D eigenvalue weighted by Crippen LogP contribution is 2.40. The molecule has 1 aliphatic carbocycles. The van der Waals surface area contributed by atoms with Crippen LogP contribution in [0.2, 0.25) is 0 Å². The monoisotopic (exact) mass is 267 g/mol. The first-order valence-electron chi connectivity index (χ1n) is 8.12. The van der Waals surface area contributed by atoms with Crippen LogP contribution in [-0.2, 0) is 0 Å². The first-order valence-corrected chi connectivity index (χ1v) is 8.12. The van der Waals surface area contributed by atoms with Crippen LogP contribution in [0.4, 0.5) is 0 Å². The van der Waals surface area contributed by atoms with Crippen molar-refractivity contribution in [1.29, 1.82) is 0 Å². The lowest BCUT2D eigenvalue weighted by molar-refractivity contribution is 0.146. The average molecular weight is 267 g/mol. The third kappa shape index (κ3) is 3.50. The molecule has 0 aromatic rings. The summed E-state index contributed by atoms with van der Waals surface area (Å²) in [5.74, 6) is 0.701. The molecule has 1 aliphatic heterocycles. The number of nitrogens with zero attached hydrogens (tertiary/aromatic N) is 2. The second kappa shape index (κ2) is 6.11. The van der Waals surface area contributed by atoms with Crippen molar-refractivity contribution in [2.45, 2.75) is 58.5 Å². The number of rotatable bonds is 3. The van der Waals surface area contributed by atoms with E-state index in [-0.39, 0.29) is 0 Å². The van der Waals surface area contributed by atoms with Crippen molar-refractivity contribution in [1.82, 2.24) is 9.80 Å². The topological polar surface area (TPSA) is 32.5 Å². The van der Waals surface area contributed by atoms with Crippen molar-refractivity contribution in [3.05, 3.63) is 0 Å². The molecule has 3 nitrogen and oxygen atoms in total. The third-order valence-corrected chi connectivity index (χ3v) is 5.53. The molecule has 1 heterocycles. The maximum Gasteiger partial charge on any atom is 0.0220 e. The van der Waals surface area contributed by atoms with Gasteiger partial charge in [-0.25, -0.2) is 0 Å². The van der Waals surface area contributed by atoms with E-state index in [9.17, 15) is 0 Å². The van der Waals surface area contributed by atoms with E-state index in [1.165, 1.54) is 51.9 Å². The van der Waals surface area contributed by atoms with Gasteiger partial charge in [0.05, 0.1) is 0 Å². The fourth-order valence-electron chi connectivity index (χ4n) is 3.97. The highest BCUT2D eigenvalue weighted by molar-refractivity contribution is 4.96. The predicted molar refractivity (Wildman–Crippen MR) is 82.2 cm³/mol. The molecule has 0 amide bonds. The van der Waals surface area contributed by atoms with E-state index >= 15 is 0 Å². The minimum atomic E-state index is 0.342. The largest absolute Gasteiger partial charge is 0.327 e. The summed E-state index contributed by atoms with van der Waals surface area (Å²) < 4.78 is 0. The quantitative estimate of drug-likeness (QED) is 0.850. The normalized spacial score (nSPS) is 37.4. The van der Waals surface area contributed by atoms with Gasteiger partial charge in [0.15, 0.2) is 0 Å². The summed E-state index contributed by atoms with van der Waals surface area (Å²) in [6.45, 7) is 12.0. The molecule has 19 heavy (non-hydrogen) atoms. The molecule has 0 bridgehead atoms. The molecule has 1 saturated carbocycles. The SMILES string of the molecule is CCC1CN(C)CCCN1CC1CCC(C)(C)C1N. The first-order chi connectivity index (χ1) is 8.94. The van der Waals surface area contributed by atoms with Crippen molar-refractivity contribution in [3.8, 4) is 0 Å². The maximum atomic E-state index is 6.49.